The summed E-state index contributed by atoms with van der Waals surface area (Å²) in [7, 11) is 0. The second-order valence-corrected chi connectivity index (χ2v) is 5.35. The number of carbonyl (C=O) groups is 1. The second kappa shape index (κ2) is 6.58. The van der Waals surface area contributed by atoms with E-state index in [1.54, 1.807) is 0 Å². The van der Waals surface area contributed by atoms with Crippen LogP contribution in [0.2, 0.25) is 0 Å². The minimum Gasteiger partial charge on any atom is -0.349 e. The largest absolute Gasteiger partial charge is 0.349 e. The van der Waals surface area contributed by atoms with Crippen molar-refractivity contribution in [2.45, 2.75) is 51.5 Å². The van der Waals surface area contributed by atoms with Crippen LogP contribution < -0.4 is 5.32 Å². The summed E-state index contributed by atoms with van der Waals surface area (Å²) in [4.78, 5) is 12.0. The van der Waals surface area contributed by atoms with Crippen molar-refractivity contribution in [1.82, 2.24) is 5.32 Å². The van der Waals surface area contributed by atoms with Crippen molar-refractivity contribution >= 4 is 5.91 Å². The van der Waals surface area contributed by atoms with Crippen LogP contribution in [0.3, 0.4) is 0 Å². The Morgan fingerprint density at radius 1 is 1.17 bits per heavy atom. The van der Waals surface area contributed by atoms with Crippen molar-refractivity contribution in [2.75, 3.05) is 0 Å². The highest BCUT2D eigenvalue weighted by atomic mass is 16.1. The smallest absolute Gasteiger partial charge is 0.251 e. The molecule has 0 aromatic heterocycles. The molecule has 1 aliphatic carbocycles. The van der Waals surface area contributed by atoms with Crippen LogP contribution in [0.25, 0.3) is 0 Å². The highest BCUT2D eigenvalue weighted by Crippen LogP contribution is 2.27. The minimum atomic E-state index is 0.0783. The van der Waals surface area contributed by atoms with Crippen LogP contribution in [-0.2, 0) is 0 Å². The fraction of sp³-hybridized carbons (Fsp3) is 0.562. The van der Waals surface area contributed by atoms with Crippen LogP contribution in [0.4, 0.5) is 0 Å². The summed E-state index contributed by atoms with van der Waals surface area (Å²) >= 11 is 0. The Hall–Kier alpha value is -1.31. The molecule has 1 amide bonds. The van der Waals surface area contributed by atoms with Gasteiger partial charge < -0.3 is 5.32 Å². The predicted octanol–water partition coefficient (Wildman–Crippen LogP) is 3.78. The molecule has 2 heteroatoms. The Kier molecular flexibility index (Phi) is 4.80. The first-order valence-electron chi connectivity index (χ1n) is 7.15. The number of hydrogen-bond acceptors (Lipinski definition) is 1. The van der Waals surface area contributed by atoms with Crippen molar-refractivity contribution in [3.05, 3.63) is 35.9 Å². The third kappa shape index (κ3) is 3.59. The van der Waals surface area contributed by atoms with Crippen molar-refractivity contribution in [3.8, 4) is 0 Å². The number of benzene rings is 1. The van der Waals surface area contributed by atoms with E-state index in [9.17, 15) is 4.79 Å². The number of nitrogens with one attached hydrogen (secondary N) is 1. The third-order valence-corrected chi connectivity index (χ3v) is 3.91. The van der Waals surface area contributed by atoms with Crippen LogP contribution in [0, 0.1) is 5.92 Å². The molecule has 98 valence electrons. The lowest BCUT2D eigenvalue weighted by Crippen LogP contribution is -2.37. The van der Waals surface area contributed by atoms with Gasteiger partial charge in [-0.2, -0.15) is 0 Å². The number of hydrogen-bond donors (Lipinski definition) is 1. The van der Waals surface area contributed by atoms with E-state index in [1.807, 2.05) is 30.3 Å². The van der Waals surface area contributed by atoms with Gasteiger partial charge in [-0.05, 0) is 43.7 Å². The monoisotopic (exact) mass is 245 g/mol. The molecule has 0 aliphatic heterocycles. The zero-order valence-electron chi connectivity index (χ0n) is 11.2. The van der Waals surface area contributed by atoms with Gasteiger partial charge in [0.2, 0.25) is 0 Å². The van der Waals surface area contributed by atoms with Crippen LogP contribution in [0.15, 0.2) is 30.3 Å². The summed E-state index contributed by atoms with van der Waals surface area (Å²) in [6.07, 6.45) is 7.46. The Labute approximate surface area is 110 Å². The van der Waals surface area contributed by atoms with Gasteiger partial charge in [0, 0.05) is 11.6 Å². The highest BCUT2D eigenvalue weighted by Gasteiger charge is 2.21. The summed E-state index contributed by atoms with van der Waals surface area (Å²) < 4.78 is 0. The summed E-state index contributed by atoms with van der Waals surface area (Å²) in [5.74, 6) is 0.967. The lowest BCUT2D eigenvalue weighted by atomic mass is 9.83. The van der Waals surface area contributed by atoms with Gasteiger partial charge in [0.1, 0.15) is 0 Å². The van der Waals surface area contributed by atoms with Crippen molar-refractivity contribution in [2.24, 2.45) is 5.92 Å². The van der Waals surface area contributed by atoms with Gasteiger partial charge in [-0.15, -0.1) is 0 Å². The van der Waals surface area contributed by atoms with Gasteiger partial charge >= 0.3 is 0 Å². The predicted molar refractivity (Wildman–Crippen MR) is 74.6 cm³/mol. The van der Waals surface area contributed by atoms with Crippen molar-refractivity contribution < 1.29 is 4.79 Å². The van der Waals surface area contributed by atoms with E-state index in [0.29, 0.717) is 6.04 Å². The number of amides is 1. The average Bonchev–Trinajstić information content (AvgIpc) is 2.42. The van der Waals surface area contributed by atoms with Crippen molar-refractivity contribution in [3.63, 3.8) is 0 Å². The molecule has 0 radical (unpaired) electrons. The van der Waals surface area contributed by atoms with Crippen LogP contribution in [0.5, 0.6) is 0 Å². The molecule has 0 unspecified atom stereocenters. The molecule has 0 heterocycles. The van der Waals surface area contributed by atoms with Gasteiger partial charge in [0.05, 0.1) is 0 Å². The summed E-state index contributed by atoms with van der Waals surface area (Å²) in [6, 6.07) is 9.88. The molecule has 0 spiro atoms. The first-order chi connectivity index (χ1) is 8.79. The zero-order chi connectivity index (χ0) is 12.8. The molecule has 1 fully saturated rings. The molecule has 18 heavy (non-hydrogen) atoms. The standard InChI is InChI=1S/C16H23NO/c1-2-6-13-9-11-15(12-10-13)17-16(18)14-7-4-3-5-8-14/h3-5,7-8,13,15H,2,6,9-12H2,1H3,(H,17,18). The van der Waals surface area contributed by atoms with Crippen molar-refractivity contribution in [1.29, 1.82) is 0 Å². The SMILES string of the molecule is CCCC1CCC(NC(=O)c2ccccc2)CC1. The average molecular weight is 245 g/mol. The number of rotatable bonds is 4. The lowest BCUT2D eigenvalue weighted by molar-refractivity contribution is 0.0921. The fourth-order valence-electron chi connectivity index (χ4n) is 2.86. The van der Waals surface area contributed by atoms with E-state index >= 15 is 0 Å². The maximum atomic E-state index is 12.0. The Bertz CT molecular complexity index is 366. The highest BCUT2D eigenvalue weighted by molar-refractivity contribution is 5.94. The van der Waals surface area contributed by atoms with Gasteiger partial charge in [-0.3, -0.25) is 4.79 Å². The van der Waals surface area contributed by atoms with Gasteiger partial charge in [-0.1, -0.05) is 38.0 Å². The molecule has 2 rings (SSSR count). The normalized spacial score (nSPS) is 23.6. The molecular weight excluding hydrogens is 222 g/mol. The molecule has 0 saturated heterocycles. The lowest BCUT2D eigenvalue weighted by Gasteiger charge is -2.28. The summed E-state index contributed by atoms with van der Waals surface area (Å²) in [6.45, 7) is 2.25. The molecule has 1 aromatic carbocycles. The van der Waals surface area contributed by atoms with Crippen LogP contribution in [0.1, 0.15) is 55.8 Å². The van der Waals surface area contributed by atoms with Crippen LogP contribution >= 0.6 is 0 Å². The maximum absolute atomic E-state index is 12.0. The second-order valence-electron chi connectivity index (χ2n) is 5.35. The Morgan fingerprint density at radius 3 is 2.44 bits per heavy atom. The van der Waals surface area contributed by atoms with E-state index in [-0.39, 0.29) is 5.91 Å². The summed E-state index contributed by atoms with van der Waals surface area (Å²) in [5, 5.41) is 3.16. The molecule has 1 aromatic rings. The Balaban J connectivity index is 1.80. The van der Waals surface area contributed by atoms with E-state index in [0.717, 1.165) is 24.3 Å². The first-order valence-corrected chi connectivity index (χ1v) is 7.15. The maximum Gasteiger partial charge on any atom is 0.251 e. The van der Waals surface area contributed by atoms with E-state index in [1.165, 1.54) is 25.7 Å². The van der Waals surface area contributed by atoms with Gasteiger partial charge in [-0.25, -0.2) is 0 Å². The molecular formula is C16H23NO. The quantitative estimate of drug-likeness (QED) is 0.859. The zero-order valence-corrected chi connectivity index (χ0v) is 11.2. The molecule has 0 atom stereocenters. The molecule has 2 nitrogen and oxygen atoms in total. The fourth-order valence-corrected chi connectivity index (χ4v) is 2.86. The molecule has 1 saturated carbocycles. The van der Waals surface area contributed by atoms with E-state index in [4.69, 9.17) is 0 Å². The van der Waals surface area contributed by atoms with Gasteiger partial charge in [0.15, 0.2) is 0 Å². The molecule has 0 bridgehead atoms. The molecule has 1 N–H and O–H groups in total. The minimum absolute atomic E-state index is 0.0783. The number of carbonyl (C=O) groups excluding carboxylic acids is 1. The molecule has 1 aliphatic rings. The Morgan fingerprint density at radius 2 is 1.83 bits per heavy atom. The van der Waals surface area contributed by atoms with Crippen LogP contribution in [-0.4, -0.2) is 11.9 Å². The third-order valence-electron chi connectivity index (χ3n) is 3.91. The van der Waals surface area contributed by atoms with E-state index in [2.05, 4.69) is 12.2 Å². The summed E-state index contributed by atoms with van der Waals surface area (Å²) in [5.41, 5.74) is 0.771. The topological polar surface area (TPSA) is 29.1 Å². The van der Waals surface area contributed by atoms with Gasteiger partial charge in [0.25, 0.3) is 5.91 Å². The van der Waals surface area contributed by atoms with E-state index < -0.39 is 0 Å². The first kappa shape index (κ1) is 13.1.